The number of hydrogen-bond acceptors (Lipinski definition) is 2. The van der Waals surface area contributed by atoms with Gasteiger partial charge in [0.25, 0.3) is 0 Å². The first-order chi connectivity index (χ1) is 5.74. The van der Waals surface area contributed by atoms with Crippen LogP contribution in [-0.4, -0.2) is 12.1 Å². The summed E-state index contributed by atoms with van der Waals surface area (Å²) >= 11 is 0. The van der Waals surface area contributed by atoms with Crippen molar-refractivity contribution in [3.8, 4) is 0 Å². The van der Waals surface area contributed by atoms with Gasteiger partial charge >= 0.3 is 0 Å². The van der Waals surface area contributed by atoms with Crippen molar-refractivity contribution in [2.24, 2.45) is 0 Å². The fourth-order valence-electron chi connectivity index (χ4n) is 1.01. The highest BCUT2D eigenvalue weighted by Gasteiger charge is 1.98. The zero-order chi connectivity index (χ0) is 8.97. The Balaban J connectivity index is 2.95. The standard InChI is InChI=1S/C10H10O2/c1-8(12)10-4-2-3-9(7-10)5-6-11/h2-4,6-7H,5H2,1H3. The third-order valence-corrected chi connectivity index (χ3v) is 1.65. The first-order valence-corrected chi connectivity index (χ1v) is 3.77. The number of benzene rings is 1. The monoisotopic (exact) mass is 162 g/mol. The third-order valence-electron chi connectivity index (χ3n) is 1.65. The molecular weight excluding hydrogens is 152 g/mol. The fourth-order valence-corrected chi connectivity index (χ4v) is 1.01. The van der Waals surface area contributed by atoms with E-state index in [-0.39, 0.29) is 5.78 Å². The van der Waals surface area contributed by atoms with E-state index in [1.54, 1.807) is 18.2 Å². The van der Waals surface area contributed by atoms with Gasteiger partial charge in [-0.15, -0.1) is 0 Å². The van der Waals surface area contributed by atoms with E-state index in [4.69, 9.17) is 0 Å². The molecule has 1 rings (SSSR count). The normalized spacial score (nSPS) is 9.42. The van der Waals surface area contributed by atoms with Crippen LogP contribution in [0.3, 0.4) is 0 Å². The van der Waals surface area contributed by atoms with Crippen LogP contribution < -0.4 is 0 Å². The van der Waals surface area contributed by atoms with Crippen molar-refractivity contribution in [3.05, 3.63) is 35.4 Å². The number of Topliss-reactive ketones (excluding diaryl/α,β-unsaturated/α-hetero) is 1. The van der Waals surface area contributed by atoms with E-state index in [2.05, 4.69) is 0 Å². The molecule has 12 heavy (non-hydrogen) atoms. The molecule has 0 atom stereocenters. The van der Waals surface area contributed by atoms with Crippen LogP contribution in [-0.2, 0) is 11.2 Å². The molecule has 0 unspecified atom stereocenters. The lowest BCUT2D eigenvalue weighted by Gasteiger charge is -1.97. The molecule has 2 heteroatoms. The van der Waals surface area contributed by atoms with Crippen molar-refractivity contribution in [2.75, 3.05) is 0 Å². The van der Waals surface area contributed by atoms with Crippen molar-refractivity contribution >= 4 is 12.1 Å². The molecular formula is C10H10O2. The largest absolute Gasteiger partial charge is 0.303 e. The third kappa shape index (κ3) is 2.02. The second kappa shape index (κ2) is 3.81. The van der Waals surface area contributed by atoms with E-state index in [1.165, 1.54) is 6.92 Å². The maximum absolute atomic E-state index is 10.9. The minimum atomic E-state index is 0.0303. The summed E-state index contributed by atoms with van der Waals surface area (Å²) in [5, 5.41) is 0. The van der Waals surface area contributed by atoms with Gasteiger partial charge in [-0.1, -0.05) is 18.2 Å². The van der Waals surface area contributed by atoms with E-state index < -0.39 is 0 Å². The number of carbonyl (C=O) groups is 2. The predicted molar refractivity (Wildman–Crippen MR) is 46.2 cm³/mol. The number of aldehydes is 1. The molecule has 0 radical (unpaired) electrons. The Kier molecular flexibility index (Phi) is 2.75. The Morgan fingerprint density at radius 2 is 2.25 bits per heavy atom. The molecule has 1 aromatic carbocycles. The Hall–Kier alpha value is -1.44. The van der Waals surface area contributed by atoms with E-state index in [1.807, 2.05) is 6.07 Å². The van der Waals surface area contributed by atoms with Crippen LogP contribution in [0.5, 0.6) is 0 Å². The molecule has 0 saturated carbocycles. The van der Waals surface area contributed by atoms with Crippen molar-refractivity contribution in [3.63, 3.8) is 0 Å². The van der Waals surface area contributed by atoms with Gasteiger partial charge in [0.1, 0.15) is 6.29 Å². The van der Waals surface area contributed by atoms with Gasteiger partial charge in [-0.3, -0.25) is 4.79 Å². The second-order valence-electron chi connectivity index (χ2n) is 2.63. The molecule has 0 N–H and O–H groups in total. The van der Waals surface area contributed by atoms with E-state index in [9.17, 15) is 9.59 Å². The van der Waals surface area contributed by atoms with Crippen LogP contribution in [0.25, 0.3) is 0 Å². The van der Waals surface area contributed by atoms with E-state index in [0.29, 0.717) is 12.0 Å². The Morgan fingerprint density at radius 1 is 1.50 bits per heavy atom. The van der Waals surface area contributed by atoms with Crippen LogP contribution in [0.15, 0.2) is 24.3 Å². The zero-order valence-electron chi connectivity index (χ0n) is 6.91. The molecule has 0 aliphatic heterocycles. The molecule has 0 spiro atoms. The maximum Gasteiger partial charge on any atom is 0.159 e. The Morgan fingerprint density at radius 3 is 2.83 bits per heavy atom. The summed E-state index contributed by atoms with van der Waals surface area (Å²) in [7, 11) is 0. The number of hydrogen-bond donors (Lipinski definition) is 0. The summed E-state index contributed by atoms with van der Waals surface area (Å²) in [6.07, 6.45) is 1.21. The average molecular weight is 162 g/mol. The van der Waals surface area contributed by atoms with Crippen molar-refractivity contribution in [2.45, 2.75) is 13.3 Å². The molecule has 0 fully saturated rings. The minimum Gasteiger partial charge on any atom is -0.303 e. The maximum atomic E-state index is 10.9. The fraction of sp³-hybridized carbons (Fsp3) is 0.200. The summed E-state index contributed by atoms with van der Waals surface area (Å²) in [4.78, 5) is 21.1. The molecule has 0 saturated heterocycles. The lowest BCUT2D eigenvalue weighted by Crippen LogP contribution is -1.94. The van der Waals surface area contributed by atoms with Crippen molar-refractivity contribution in [1.82, 2.24) is 0 Å². The molecule has 0 amide bonds. The molecule has 1 aromatic rings. The van der Waals surface area contributed by atoms with Gasteiger partial charge in [0.15, 0.2) is 5.78 Å². The summed E-state index contributed by atoms with van der Waals surface area (Å²) in [6, 6.07) is 7.11. The SMILES string of the molecule is CC(=O)c1cccc(CC=O)c1. The zero-order valence-corrected chi connectivity index (χ0v) is 6.91. The van der Waals surface area contributed by atoms with Gasteiger partial charge in [0, 0.05) is 12.0 Å². The minimum absolute atomic E-state index is 0.0303. The van der Waals surface area contributed by atoms with Crippen LogP contribution in [0.2, 0.25) is 0 Å². The molecule has 62 valence electrons. The second-order valence-corrected chi connectivity index (χ2v) is 2.63. The lowest BCUT2D eigenvalue weighted by molar-refractivity contribution is -0.107. The summed E-state index contributed by atoms with van der Waals surface area (Å²) in [5.41, 5.74) is 1.55. The van der Waals surface area contributed by atoms with Crippen LogP contribution in [0.4, 0.5) is 0 Å². The summed E-state index contributed by atoms with van der Waals surface area (Å²) in [5.74, 6) is 0.0303. The quantitative estimate of drug-likeness (QED) is 0.500. The highest BCUT2D eigenvalue weighted by molar-refractivity contribution is 5.94. The van der Waals surface area contributed by atoms with Crippen molar-refractivity contribution < 1.29 is 9.59 Å². The number of rotatable bonds is 3. The smallest absolute Gasteiger partial charge is 0.159 e. The van der Waals surface area contributed by atoms with Gasteiger partial charge in [-0.05, 0) is 18.6 Å². The average Bonchev–Trinajstić information content (AvgIpc) is 2.05. The molecule has 0 bridgehead atoms. The molecule has 0 aromatic heterocycles. The lowest BCUT2D eigenvalue weighted by atomic mass is 10.1. The molecule has 0 heterocycles. The van der Waals surface area contributed by atoms with E-state index >= 15 is 0 Å². The topological polar surface area (TPSA) is 34.1 Å². The molecule has 0 aliphatic rings. The van der Waals surface area contributed by atoms with Crippen LogP contribution in [0, 0.1) is 0 Å². The van der Waals surface area contributed by atoms with Gasteiger partial charge in [0.2, 0.25) is 0 Å². The number of carbonyl (C=O) groups excluding carboxylic acids is 2. The summed E-state index contributed by atoms with van der Waals surface area (Å²) < 4.78 is 0. The molecule has 2 nitrogen and oxygen atoms in total. The Bertz CT molecular complexity index is 302. The predicted octanol–water partition coefficient (Wildman–Crippen LogP) is 1.63. The van der Waals surface area contributed by atoms with Gasteiger partial charge < -0.3 is 4.79 Å². The van der Waals surface area contributed by atoms with E-state index in [0.717, 1.165) is 11.8 Å². The highest BCUT2D eigenvalue weighted by atomic mass is 16.1. The summed E-state index contributed by atoms with van der Waals surface area (Å²) in [6.45, 7) is 1.51. The van der Waals surface area contributed by atoms with Gasteiger partial charge in [-0.25, -0.2) is 0 Å². The first-order valence-electron chi connectivity index (χ1n) is 3.77. The Labute approximate surface area is 71.2 Å². The molecule has 0 aliphatic carbocycles. The van der Waals surface area contributed by atoms with Crippen LogP contribution in [0.1, 0.15) is 22.8 Å². The van der Waals surface area contributed by atoms with Gasteiger partial charge in [0.05, 0.1) is 0 Å². The number of ketones is 1. The van der Waals surface area contributed by atoms with Crippen LogP contribution >= 0.6 is 0 Å². The highest BCUT2D eigenvalue weighted by Crippen LogP contribution is 2.05. The van der Waals surface area contributed by atoms with Crippen molar-refractivity contribution in [1.29, 1.82) is 0 Å². The van der Waals surface area contributed by atoms with Gasteiger partial charge in [-0.2, -0.15) is 0 Å². The first kappa shape index (κ1) is 8.65.